The molecule has 0 aromatic heterocycles. The second-order valence-electron chi connectivity index (χ2n) is 8.34. The van der Waals surface area contributed by atoms with E-state index in [1.807, 2.05) is 0 Å². The highest BCUT2D eigenvalue weighted by Crippen LogP contribution is 2.18. The van der Waals surface area contributed by atoms with E-state index in [-0.39, 0.29) is 11.5 Å². The molecule has 0 saturated carbocycles. The molecule has 0 spiro atoms. The lowest BCUT2D eigenvalue weighted by atomic mass is 9.98. The maximum atomic E-state index is 12.6. The van der Waals surface area contributed by atoms with Crippen molar-refractivity contribution in [3.63, 3.8) is 0 Å². The summed E-state index contributed by atoms with van der Waals surface area (Å²) in [7, 11) is 1.17. The van der Waals surface area contributed by atoms with E-state index in [4.69, 9.17) is 4.74 Å². The number of rotatable bonds is 8. The molecule has 0 aromatic carbocycles. The minimum absolute atomic E-state index is 0.0836. The number of amides is 3. The van der Waals surface area contributed by atoms with Crippen LogP contribution in [0.4, 0.5) is 4.79 Å². The molecular formula is C18H33N3O8. The summed E-state index contributed by atoms with van der Waals surface area (Å²) in [5.41, 5.74) is -2.35. The lowest BCUT2D eigenvalue weighted by molar-refractivity contribution is -0.157. The summed E-state index contributed by atoms with van der Waals surface area (Å²) in [6.45, 7) is 10.3. The van der Waals surface area contributed by atoms with Crippen LogP contribution >= 0.6 is 0 Å². The number of nitrogens with zero attached hydrogens (tertiary/aromatic N) is 1. The van der Waals surface area contributed by atoms with Crippen molar-refractivity contribution in [3.05, 3.63) is 0 Å². The molecule has 11 heteroatoms. The summed E-state index contributed by atoms with van der Waals surface area (Å²) in [4.78, 5) is 48.3. The molecule has 3 atom stereocenters. The van der Waals surface area contributed by atoms with Crippen molar-refractivity contribution in [2.24, 2.45) is 0 Å². The number of carbonyl (C=O) groups excluding carboxylic acids is 4. The topological polar surface area (TPSA) is 154 Å². The molecule has 168 valence electrons. The Morgan fingerprint density at radius 2 is 1.45 bits per heavy atom. The van der Waals surface area contributed by atoms with Gasteiger partial charge in [-0.3, -0.25) is 14.8 Å². The fourth-order valence-corrected chi connectivity index (χ4v) is 2.15. The number of nitrogens with one attached hydrogen (secondary N) is 2. The number of hydroxylamine groups is 2. The molecule has 3 amide bonds. The molecule has 0 fully saturated rings. The summed E-state index contributed by atoms with van der Waals surface area (Å²) in [5, 5.41) is 25.0. The van der Waals surface area contributed by atoms with Crippen molar-refractivity contribution in [2.45, 2.75) is 84.2 Å². The summed E-state index contributed by atoms with van der Waals surface area (Å²) >= 11 is 0. The molecule has 0 aromatic rings. The highest BCUT2D eigenvalue weighted by atomic mass is 16.6. The van der Waals surface area contributed by atoms with Crippen LogP contribution in [0.5, 0.6) is 0 Å². The summed E-state index contributed by atoms with van der Waals surface area (Å²) in [6.07, 6.45) is -1.51. The van der Waals surface area contributed by atoms with Gasteiger partial charge in [-0.15, -0.1) is 0 Å². The molecular weight excluding hydrogens is 386 g/mol. The molecule has 0 aliphatic rings. The van der Waals surface area contributed by atoms with Gasteiger partial charge in [-0.1, -0.05) is 0 Å². The van der Waals surface area contributed by atoms with Gasteiger partial charge < -0.3 is 25.2 Å². The first kappa shape index (κ1) is 26.6. The van der Waals surface area contributed by atoms with Crippen LogP contribution in [0.25, 0.3) is 0 Å². The van der Waals surface area contributed by atoms with E-state index in [1.54, 1.807) is 20.8 Å². The maximum Gasteiger partial charge on any atom is 0.435 e. The van der Waals surface area contributed by atoms with Crippen molar-refractivity contribution in [1.82, 2.24) is 15.7 Å². The van der Waals surface area contributed by atoms with Crippen LogP contribution in [-0.4, -0.2) is 75.7 Å². The van der Waals surface area contributed by atoms with Gasteiger partial charge >= 0.3 is 12.1 Å². The number of esters is 1. The lowest BCUT2D eigenvalue weighted by Crippen LogP contribution is -2.56. The van der Waals surface area contributed by atoms with E-state index in [2.05, 4.69) is 15.4 Å². The van der Waals surface area contributed by atoms with Crippen LogP contribution < -0.4 is 10.6 Å². The van der Waals surface area contributed by atoms with Crippen molar-refractivity contribution in [2.75, 3.05) is 7.11 Å². The van der Waals surface area contributed by atoms with Crippen molar-refractivity contribution >= 4 is 23.9 Å². The van der Waals surface area contributed by atoms with Crippen LogP contribution in [0.2, 0.25) is 0 Å². The number of ether oxygens (including phenoxy) is 2. The minimum Gasteiger partial charge on any atom is -0.467 e. The third-order valence-electron chi connectivity index (χ3n) is 3.54. The molecule has 4 N–H and O–H groups in total. The summed E-state index contributed by atoms with van der Waals surface area (Å²) in [6, 6.07) is -3.57. The SMILES string of the molecule is COC(=O)[C@H](C)NC(=O)[C@H](C)NC(=O)[C@@H](CC(C)(C)O)N(O)C(=O)OC(C)(C)C. The molecule has 0 aliphatic carbocycles. The Hall–Kier alpha value is -2.40. The van der Waals surface area contributed by atoms with Gasteiger partial charge in [0.15, 0.2) is 0 Å². The Labute approximate surface area is 170 Å². The van der Waals surface area contributed by atoms with Gasteiger partial charge in [0.05, 0.1) is 12.7 Å². The smallest absolute Gasteiger partial charge is 0.435 e. The van der Waals surface area contributed by atoms with Crippen LogP contribution in [0, 0.1) is 0 Å². The fourth-order valence-electron chi connectivity index (χ4n) is 2.15. The highest BCUT2D eigenvalue weighted by molar-refractivity contribution is 5.92. The second kappa shape index (κ2) is 10.4. The standard InChI is InChI=1S/C18H33N3O8/c1-10(13(22)20-11(2)15(24)28-8)19-14(23)12(9-18(6,7)26)21(27)16(25)29-17(3,4)5/h10-12,26-27H,9H2,1-8H3,(H,19,23)(H,20,22)/t10-,11-,12+/m0/s1. The van der Waals surface area contributed by atoms with Crippen LogP contribution in [-0.2, 0) is 23.9 Å². The van der Waals surface area contributed by atoms with E-state index in [9.17, 15) is 29.5 Å². The van der Waals surface area contributed by atoms with Gasteiger partial charge in [-0.25, -0.2) is 9.59 Å². The number of aliphatic hydroxyl groups is 1. The van der Waals surface area contributed by atoms with E-state index in [0.717, 1.165) is 0 Å². The van der Waals surface area contributed by atoms with Gasteiger partial charge in [0.2, 0.25) is 11.8 Å². The molecule has 11 nitrogen and oxygen atoms in total. The van der Waals surface area contributed by atoms with Gasteiger partial charge in [0.25, 0.3) is 0 Å². The van der Waals surface area contributed by atoms with Crippen molar-refractivity contribution in [3.8, 4) is 0 Å². The molecule has 0 saturated heterocycles. The lowest BCUT2D eigenvalue weighted by Gasteiger charge is -2.31. The number of methoxy groups -OCH3 is 1. The minimum atomic E-state index is -1.53. The molecule has 0 aliphatic heterocycles. The molecule has 0 unspecified atom stereocenters. The predicted octanol–water partition coefficient (Wildman–Crippen LogP) is 0.325. The Balaban J connectivity index is 5.29. The van der Waals surface area contributed by atoms with E-state index >= 15 is 0 Å². The highest BCUT2D eigenvalue weighted by Gasteiger charge is 2.37. The number of hydrogen-bond acceptors (Lipinski definition) is 8. The largest absolute Gasteiger partial charge is 0.467 e. The zero-order valence-electron chi connectivity index (χ0n) is 18.2. The van der Waals surface area contributed by atoms with E-state index in [0.29, 0.717) is 0 Å². The third-order valence-corrected chi connectivity index (χ3v) is 3.54. The Bertz CT molecular complexity index is 609. The van der Waals surface area contributed by atoms with Gasteiger partial charge in [0.1, 0.15) is 23.7 Å². The number of hydrogen-bond donors (Lipinski definition) is 4. The number of carbonyl (C=O) groups is 4. The van der Waals surface area contributed by atoms with Crippen molar-refractivity contribution < 1.29 is 39.0 Å². The first-order valence-corrected chi connectivity index (χ1v) is 9.10. The third kappa shape index (κ3) is 10.1. The first-order chi connectivity index (χ1) is 13.0. The Morgan fingerprint density at radius 1 is 0.966 bits per heavy atom. The molecule has 29 heavy (non-hydrogen) atoms. The normalized spacial score (nSPS) is 14.8. The summed E-state index contributed by atoms with van der Waals surface area (Å²) in [5.74, 6) is -2.24. The molecule has 0 radical (unpaired) electrons. The van der Waals surface area contributed by atoms with Gasteiger partial charge in [-0.2, -0.15) is 5.06 Å². The van der Waals surface area contributed by atoms with Crippen molar-refractivity contribution in [1.29, 1.82) is 0 Å². The van der Waals surface area contributed by atoms with E-state index < -0.39 is 53.2 Å². The quantitative estimate of drug-likeness (QED) is 0.249. The van der Waals surface area contributed by atoms with Crippen LogP contribution in [0.1, 0.15) is 54.9 Å². The fraction of sp³-hybridized carbons (Fsp3) is 0.778. The van der Waals surface area contributed by atoms with Gasteiger partial charge in [0, 0.05) is 6.42 Å². The Morgan fingerprint density at radius 3 is 1.86 bits per heavy atom. The first-order valence-electron chi connectivity index (χ1n) is 9.10. The average molecular weight is 419 g/mol. The zero-order chi connectivity index (χ0) is 23.2. The van der Waals surface area contributed by atoms with Gasteiger partial charge in [-0.05, 0) is 48.5 Å². The van der Waals surface area contributed by atoms with Crippen LogP contribution in [0.3, 0.4) is 0 Å². The predicted molar refractivity (Wildman–Crippen MR) is 102 cm³/mol. The monoisotopic (exact) mass is 419 g/mol. The molecule has 0 heterocycles. The van der Waals surface area contributed by atoms with E-state index in [1.165, 1.54) is 34.8 Å². The molecule has 0 bridgehead atoms. The molecule has 0 rings (SSSR count). The summed E-state index contributed by atoms with van der Waals surface area (Å²) < 4.78 is 9.54. The second-order valence-corrected chi connectivity index (χ2v) is 8.34. The Kier molecular flexibility index (Phi) is 9.54. The zero-order valence-corrected chi connectivity index (χ0v) is 18.2. The van der Waals surface area contributed by atoms with Crippen LogP contribution in [0.15, 0.2) is 0 Å². The maximum absolute atomic E-state index is 12.6. The average Bonchev–Trinajstić information content (AvgIpc) is 2.55.